The zero-order valence-electron chi connectivity index (χ0n) is 11.9. The predicted molar refractivity (Wildman–Crippen MR) is 81.5 cm³/mol. The summed E-state index contributed by atoms with van der Waals surface area (Å²) in [6.45, 7) is 12.0. The van der Waals surface area contributed by atoms with Gasteiger partial charge in [-0.25, -0.2) is 0 Å². The zero-order chi connectivity index (χ0) is 14.0. The van der Waals surface area contributed by atoms with Crippen LogP contribution in [0.5, 0.6) is 0 Å². The molecule has 0 aliphatic rings. The topological polar surface area (TPSA) is 12.0 Å². The van der Waals surface area contributed by atoms with Gasteiger partial charge in [-0.2, -0.15) is 0 Å². The second kappa shape index (κ2) is 5.81. The molecule has 0 saturated heterocycles. The molecule has 1 N–H and O–H groups in total. The molecule has 0 amide bonds. The first-order valence-corrected chi connectivity index (χ1v) is 7.04. The van der Waals surface area contributed by atoms with Gasteiger partial charge in [-0.3, -0.25) is 0 Å². The molecule has 0 atom stereocenters. The molecule has 0 aliphatic carbocycles. The van der Waals surface area contributed by atoms with Crippen molar-refractivity contribution in [1.29, 1.82) is 0 Å². The number of nitrogens with one attached hydrogen (secondary N) is 1. The monoisotopic (exact) mass is 287 g/mol. The van der Waals surface area contributed by atoms with Crippen LogP contribution in [0.15, 0.2) is 18.2 Å². The highest BCUT2D eigenvalue weighted by Gasteiger charge is 2.24. The molecule has 1 rings (SSSR count). The fourth-order valence-electron chi connectivity index (χ4n) is 2.39. The maximum atomic E-state index is 6.17. The molecule has 102 valence electrons. The van der Waals surface area contributed by atoms with Crippen LogP contribution in [0.4, 0.5) is 0 Å². The first-order valence-electron chi connectivity index (χ1n) is 6.28. The molecule has 0 fully saturated rings. The lowest BCUT2D eigenvalue weighted by atomic mass is 9.82. The van der Waals surface area contributed by atoms with Gasteiger partial charge in [0.2, 0.25) is 0 Å². The third-order valence-electron chi connectivity index (χ3n) is 2.74. The molecule has 0 heterocycles. The average molecular weight is 288 g/mol. The normalized spacial score (nSPS) is 12.8. The van der Waals surface area contributed by atoms with Crippen LogP contribution in [0, 0.1) is 5.41 Å². The minimum absolute atomic E-state index is 0.0845. The summed E-state index contributed by atoms with van der Waals surface area (Å²) in [6, 6.07) is 5.64. The van der Waals surface area contributed by atoms with Gasteiger partial charge in [0.1, 0.15) is 0 Å². The molecule has 3 heteroatoms. The molecule has 0 unspecified atom stereocenters. The second-order valence-electron chi connectivity index (χ2n) is 6.71. The highest BCUT2D eigenvalue weighted by atomic mass is 35.5. The van der Waals surface area contributed by atoms with Crippen LogP contribution in [0.1, 0.15) is 46.6 Å². The largest absolute Gasteiger partial charge is 0.308 e. The summed E-state index contributed by atoms with van der Waals surface area (Å²) >= 11 is 12.1. The first-order chi connectivity index (χ1) is 8.09. The van der Waals surface area contributed by atoms with Crippen molar-refractivity contribution >= 4 is 23.2 Å². The molecule has 0 bridgehead atoms. The van der Waals surface area contributed by atoms with E-state index in [1.54, 1.807) is 6.07 Å². The average Bonchev–Trinajstić information content (AvgIpc) is 2.12. The van der Waals surface area contributed by atoms with Gasteiger partial charge in [-0.05, 0) is 43.4 Å². The fraction of sp³-hybridized carbons (Fsp3) is 0.600. The number of hydrogen-bond donors (Lipinski definition) is 1. The Morgan fingerprint density at radius 3 is 2.17 bits per heavy atom. The van der Waals surface area contributed by atoms with Gasteiger partial charge in [0, 0.05) is 22.1 Å². The predicted octanol–water partition coefficient (Wildman–Crippen LogP) is 5.30. The molecule has 0 spiro atoms. The molecule has 0 aliphatic heterocycles. The molecule has 1 aromatic carbocycles. The van der Waals surface area contributed by atoms with Crippen LogP contribution in [0.25, 0.3) is 0 Å². The maximum absolute atomic E-state index is 6.17. The van der Waals surface area contributed by atoms with Crippen molar-refractivity contribution in [1.82, 2.24) is 5.32 Å². The summed E-state index contributed by atoms with van der Waals surface area (Å²) < 4.78 is 0. The number of halogens is 2. The molecule has 18 heavy (non-hydrogen) atoms. The quantitative estimate of drug-likeness (QED) is 0.793. The SMILES string of the molecule is CC(C)(C)CC(C)(C)NCc1ccc(Cl)cc1Cl. The summed E-state index contributed by atoms with van der Waals surface area (Å²) in [5.74, 6) is 0. The zero-order valence-corrected chi connectivity index (χ0v) is 13.4. The lowest BCUT2D eigenvalue weighted by Gasteiger charge is -2.33. The van der Waals surface area contributed by atoms with Crippen molar-refractivity contribution in [3.8, 4) is 0 Å². The van der Waals surface area contributed by atoms with Gasteiger partial charge in [-0.1, -0.05) is 50.0 Å². The Hall–Kier alpha value is -0.240. The highest BCUT2D eigenvalue weighted by Crippen LogP contribution is 2.28. The number of benzene rings is 1. The van der Waals surface area contributed by atoms with Crippen molar-refractivity contribution in [2.45, 2.75) is 53.1 Å². The number of hydrogen-bond acceptors (Lipinski definition) is 1. The lowest BCUT2D eigenvalue weighted by Crippen LogP contribution is -2.41. The van der Waals surface area contributed by atoms with Crippen molar-refractivity contribution in [3.05, 3.63) is 33.8 Å². The highest BCUT2D eigenvalue weighted by molar-refractivity contribution is 6.35. The van der Waals surface area contributed by atoms with Crippen LogP contribution >= 0.6 is 23.2 Å². The summed E-state index contributed by atoms with van der Waals surface area (Å²) in [6.07, 6.45) is 1.10. The molecule has 1 nitrogen and oxygen atoms in total. The lowest BCUT2D eigenvalue weighted by molar-refractivity contribution is 0.241. The van der Waals surface area contributed by atoms with E-state index in [1.807, 2.05) is 12.1 Å². The molecular formula is C15H23Cl2N. The van der Waals surface area contributed by atoms with E-state index in [9.17, 15) is 0 Å². The summed E-state index contributed by atoms with van der Waals surface area (Å²) in [5.41, 5.74) is 1.48. The fourth-order valence-corrected chi connectivity index (χ4v) is 2.86. The Balaban J connectivity index is 2.64. The Labute approximate surface area is 121 Å². The van der Waals surface area contributed by atoms with Crippen LogP contribution in [0.2, 0.25) is 10.0 Å². The van der Waals surface area contributed by atoms with E-state index in [4.69, 9.17) is 23.2 Å². The van der Waals surface area contributed by atoms with Gasteiger partial charge in [0.05, 0.1) is 0 Å². The van der Waals surface area contributed by atoms with E-state index in [-0.39, 0.29) is 5.54 Å². The van der Waals surface area contributed by atoms with Gasteiger partial charge in [0.15, 0.2) is 0 Å². The van der Waals surface area contributed by atoms with Gasteiger partial charge < -0.3 is 5.32 Å². The van der Waals surface area contributed by atoms with Crippen molar-refractivity contribution < 1.29 is 0 Å². The minimum Gasteiger partial charge on any atom is -0.308 e. The maximum Gasteiger partial charge on any atom is 0.0465 e. The third-order valence-corrected chi connectivity index (χ3v) is 3.33. The van der Waals surface area contributed by atoms with Gasteiger partial charge >= 0.3 is 0 Å². The summed E-state index contributed by atoms with van der Waals surface area (Å²) in [4.78, 5) is 0. The van der Waals surface area contributed by atoms with Crippen LogP contribution in [-0.4, -0.2) is 5.54 Å². The van der Waals surface area contributed by atoms with Crippen LogP contribution in [-0.2, 0) is 6.54 Å². The Bertz CT molecular complexity index is 405. The first kappa shape index (κ1) is 15.8. The molecule has 0 saturated carbocycles. The van der Waals surface area contributed by atoms with E-state index in [2.05, 4.69) is 39.9 Å². The molecule has 0 aromatic heterocycles. The van der Waals surface area contributed by atoms with Crippen molar-refractivity contribution in [2.75, 3.05) is 0 Å². The van der Waals surface area contributed by atoms with Gasteiger partial charge in [0.25, 0.3) is 0 Å². The minimum atomic E-state index is 0.0845. The van der Waals surface area contributed by atoms with E-state index in [1.165, 1.54) is 0 Å². The number of rotatable bonds is 4. The molecular weight excluding hydrogens is 265 g/mol. The molecule has 1 aromatic rings. The summed E-state index contributed by atoms with van der Waals surface area (Å²) in [7, 11) is 0. The van der Waals surface area contributed by atoms with Crippen molar-refractivity contribution in [3.63, 3.8) is 0 Å². The van der Waals surface area contributed by atoms with E-state index < -0.39 is 0 Å². The van der Waals surface area contributed by atoms with E-state index in [0.29, 0.717) is 10.4 Å². The van der Waals surface area contributed by atoms with Crippen molar-refractivity contribution in [2.24, 2.45) is 5.41 Å². The third kappa shape index (κ3) is 5.60. The summed E-state index contributed by atoms with van der Waals surface area (Å²) in [5, 5.41) is 4.97. The smallest absolute Gasteiger partial charge is 0.0465 e. The van der Waals surface area contributed by atoms with Crippen LogP contribution in [0.3, 0.4) is 0 Å². The Kier molecular flexibility index (Phi) is 5.11. The molecule has 0 radical (unpaired) electrons. The van der Waals surface area contributed by atoms with Crippen LogP contribution < -0.4 is 5.32 Å². The van der Waals surface area contributed by atoms with Gasteiger partial charge in [-0.15, -0.1) is 0 Å². The van der Waals surface area contributed by atoms with E-state index >= 15 is 0 Å². The Morgan fingerprint density at radius 2 is 1.67 bits per heavy atom. The Morgan fingerprint density at radius 1 is 1.06 bits per heavy atom. The standard InChI is InChI=1S/C15H23Cl2N/c1-14(2,3)10-15(4,5)18-9-11-6-7-12(16)8-13(11)17/h6-8,18H,9-10H2,1-5H3. The van der Waals surface area contributed by atoms with E-state index in [0.717, 1.165) is 23.6 Å². The second-order valence-corrected chi connectivity index (χ2v) is 7.55.